The van der Waals surface area contributed by atoms with Gasteiger partial charge in [-0.05, 0) is 6.92 Å². The maximum atomic E-state index is 11.9. The number of carboxylic acids is 1. The molecule has 19 heavy (non-hydrogen) atoms. The highest BCUT2D eigenvalue weighted by Gasteiger charge is 2.21. The van der Waals surface area contributed by atoms with Crippen molar-refractivity contribution in [2.24, 2.45) is 0 Å². The number of aromatic nitrogens is 2. The summed E-state index contributed by atoms with van der Waals surface area (Å²) in [6, 6.07) is 0. The van der Waals surface area contributed by atoms with Gasteiger partial charge in [0, 0.05) is 6.54 Å². The highest BCUT2D eigenvalue weighted by molar-refractivity contribution is 6.06. The van der Waals surface area contributed by atoms with Crippen LogP contribution in [0, 0.1) is 6.92 Å². The van der Waals surface area contributed by atoms with Crippen molar-refractivity contribution >= 4 is 23.0 Å². The van der Waals surface area contributed by atoms with Gasteiger partial charge in [0.25, 0.3) is 11.5 Å². The Labute approximate surface area is 106 Å². The monoisotopic (exact) mass is 265 g/mol. The van der Waals surface area contributed by atoms with Gasteiger partial charge < -0.3 is 19.8 Å². The number of furan rings is 1. The van der Waals surface area contributed by atoms with Crippen LogP contribution in [0.15, 0.2) is 15.5 Å². The Hall–Kier alpha value is -2.64. The lowest BCUT2D eigenvalue weighted by molar-refractivity contribution is -0.136. The second kappa shape index (κ2) is 4.92. The molecule has 0 aliphatic heterocycles. The third-order valence-electron chi connectivity index (χ3n) is 2.52. The maximum absolute atomic E-state index is 11.9. The lowest BCUT2D eigenvalue weighted by atomic mass is 10.2. The molecule has 0 atom stereocenters. The van der Waals surface area contributed by atoms with Crippen LogP contribution in [-0.4, -0.2) is 33.5 Å². The second-order valence-electron chi connectivity index (χ2n) is 3.84. The topological polar surface area (TPSA) is 125 Å². The summed E-state index contributed by atoms with van der Waals surface area (Å²) in [6.07, 6.45) is 0.981. The molecule has 2 aromatic heterocycles. The number of nitrogens with zero attached hydrogens (tertiary/aromatic N) is 1. The summed E-state index contributed by atoms with van der Waals surface area (Å²) < 4.78 is 5.22. The van der Waals surface area contributed by atoms with Gasteiger partial charge in [0.2, 0.25) is 5.71 Å². The SMILES string of the molecule is Cc1oc2nc[nH]c(=O)c2c1C(=O)NCCC(=O)O. The molecule has 0 saturated carbocycles. The number of carbonyl (C=O) groups is 2. The average Bonchev–Trinajstić information content (AvgIpc) is 2.66. The van der Waals surface area contributed by atoms with Gasteiger partial charge in [-0.2, -0.15) is 0 Å². The predicted octanol–water partition coefficient (Wildman–Crippen LogP) is 0.0290. The number of rotatable bonds is 4. The summed E-state index contributed by atoms with van der Waals surface area (Å²) in [5.74, 6) is -1.32. The van der Waals surface area contributed by atoms with Crippen molar-refractivity contribution in [1.29, 1.82) is 0 Å². The zero-order valence-electron chi connectivity index (χ0n) is 10.0. The van der Waals surface area contributed by atoms with Crippen molar-refractivity contribution in [2.75, 3.05) is 6.54 Å². The molecule has 0 aromatic carbocycles. The van der Waals surface area contributed by atoms with Gasteiger partial charge in [0.15, 0.2) is 0 Å². The first-order valence-corrected chi connectivity index (χ1v) is 5.47. The summed E-state index contributed by atoms with van der Waals surface area (Å²) in [7, 11) is 0. The number of carbonyl (C=O) groups excluding carboxylic acids is 1. The molecule has 3 N–H and O–H groups in total. The Morgan fingerprint density at radius 1 is 1.53 bits per heavy atom. The van der Waals surface area contributed by atoms with Crippen LogP contribution in [0.3, 0.4) is 0 Å². The van der Waals surface area contributed by atoms with E-state index in [0.29, 0.717) is 0 Å². The minimum Gasteiger partial charge on any atom is -0.481 e. The van der Waals surface area contributed by atoms with Crippen molar-refractivity contribution < 1.29 is 19.1 Å². The summed E-state index contributed by atoms with van der Waals surface area (Å²) >= 11 is 0. The normalized spacial score (nSPS) is 10.6. The van der Waals surface area contributed by atoms with E-state index < -0.39 is 17.4 Å². The minimum atomic E-state index is -1.02. The summed E-state index contributed by atoms with van der Waals surface area (Å²) in [5.41, 5.74) is -0.329. The summed E-state index contributed by atoms with van der Waals surface area (Å²) in [5, 5.41) is 11.0. The van der Waals surface area contributed by atoms with Crippen LogP contribution >= 0.6 is 0 Å². The van der Waals surface area contributed by atoms with Crippen LogP contribution in [-0.2, 0) is 4.79 Å². The second-order valence-corrected chi connectivity index (χ2v) is 3.84. The Kier molecular flexibility index (Phi) is 3.32. The molecule has 2 rings (SSSR count). The first kappa shape index (κ1) is 12.8. The van der Waals surface area contributed by atoms with Gasteiger partial charge in [0.05, 0.1) is 18.3 Å². The number of fused-ring (bicyclic) bond motifs is 1. The minimum absolute atomic E-state index is 0.0293. The Bertz CT molecular complexity index is 700. The van der Waals surface area contributed by atoms with Crippen LogP contribution in [0.25, 0.3) is 11.1 Å². The molecule has 0 saturated heterocycles. The molecule has 0 aliphatic carbocycles. The summed E-state index contributed by atoms with van der Waals surface area (Å²) in [4.78, 5) is 40.1. The number of amides is 1. The molecule has 0 aliphatic rings. The standard InChI is InChI=1S/C11H11N3O5/c1-5-7(9(17)12-3-2-6(15)16)8-10(18)13-4-14-11(8)19-5/h4H,2-3H2,1H3,(H,12,17)(H,15,16)(H,13,14,18). The van der Waals surface area contributed by atoms with E-state index in [1.807, 2.05) is 0 Å². The van der Waals surface area contributed by atoms with Gasteiger partial charge in [-0.15, -0.1) is 0 Å². The lowest BCUT2D eigenvalue weighted by Gasteiger charge is -2.02. The number of aryl methyl sites for hydroxylation is 1. The van der Waals surface area contributed by atoms with Crippen molar-refractivity contribution in [3.63, 3.8) is 0 Å². The van der Waals surface area contributed by atoms with Gasteiger partial charge in [-0.1, -0.05) is 0 Å². The summed E-state index contributed by atoms with van der Waals surface area (Å²) in [6.45, 7) is 1.51. The lowest BCUT2D eigenvalue weighted by Crippen LogP contribution is -2.27. The number of H-pyrrole nitrogens is 1. The first-order chi connectivity index (χ1) is 9.00. The Morgan fingerprint density at radius 2 is 2.26 bits per heavy atom. The number of hydrogen-bond acceptors (Lipinski definition) is 5. The van der Waals surface area contributed by atoms with E-state index in [0.717, 1.165) is 0 Å². The van der Waals surface area contributed by atoms with Crippen molar-refractivity contribution in [1.82, 2.24) is 15.3 Å². The third kappa shape index (κ3) is 2.46. The quantitative estimate of drug-likeness (QED) is 0.716. The average molecular weight is 265 g/mol. The van der Waals surface area contributed by atoms with Gasteiger partial charge in [-0.3, -0.25) is 14.4 Å². The molecule has 100 valence electrons. The number of aliphatic carboxylic acids is 1. The number of carboxylic acid groups (broad SMARTS) is 1. The molecular weight excluding hydrogens is 254 g/mol. The van der Waals surface area contributed by atoms with E-state index in [9.17, 15) is 14.4 Å². The zero-order valence-corrected chi connectivity index (χ0v) is 10.0. The largest absolute Gasteiger partial charge is 0.481 e. The number of aromatic amines is 1. The van der Waals surface area contributed by atoms with E-state index in [1.54, 1.807) is 0 Å². The molecule has 0 unspecified atom stereocenters. The molecule has 0 bridgehead atoms. The molecule has 2 heterocycles. The Morgan fingerprint density at radius 3 is 2.95 bits per heavy atom. The first-order valence-electron chi connectivity index (χ1n) is 5.47. The molecule has 8 heteroatoms. The van der Waals surface area contributed by atoms with Gasteiger partial charge >= 0.3 is 5.97 Å². The molecular formula is C11H11N3O5. The fraction of sp³-hybridized carbons (Fsp3) is 0.273. The van der Waals surface area contributed by atoms with E-state index in [-0.39, 0.29) is 35.4 Å². The van der Waals surface area contributed by atoms with Crippen molar-refractivity contribution in [3.8, 4) is 0 Å². The predicted molar refractivity (Wildman–Crippen MR) is 64.0 cm³/mol. The molecule has 0 spiro atoms. The van der Waals surface area contributed by atoms with Crippen LogP contribution < -0.4 is 10.9 Å². The van der Waals surface area contributed by atoms with Crippen molar-refractivity contribution in [2.45, 2.75) is 13.3 Å². The third-order valence-corrected chi connectivity index (χ3v) is 2.52. The Balaban J connectivity index is 2.34. The van der Waals surface area contributed by atoms with Crippen LogP contribution in [0.4, 0.5) is 0 Å². The van der Waals surface area contributed by atoms with E-state index in [1.165, 1.54) is 13.3 Å². The van der Waals surface area contributed by atoms with Gasteiger partial charge in [0.1, 0.15) is 11.1 Å². The smallest absolute Gasteiger partial charge is 0.305 e. The van der Waals surface area contributed by atoms with Crippen LogP contribution in [0.1, 0.15) is 22.5 Å². The van der Waals surface area contributed by atoms with E-state index in [4.69, 9.17) is 9.52 Å². The zero-order chi connectivity index (χ0) is 14.0. The van der Waals surface area contributed by atoms with Gasteiger partial charge in [-0.25, -0.2) is 4.98 Å². The number of nitrogens with one attached hydrogen (secondary N) is 2. The van der Waals surface area contributed by atoms with Crippen LogP contribution in [0.2, 0.25) is 0 Å². The molecule has 2 aromatic rings. The molecule has 0 radical (unpaired) electrons. The fourth-order valence-corrected chi connectivity index (χ4v) is 1.70. The maximum Gasteiger partial charge on any atom is 0.305 e. The highest BCUT2D eigenvalue weighted by atomic mass is 16.4. The fourth-order valence-electron chi connectivity index (χ4n) is 1.70. The van der Waals surface area contributed by atoms with E-state index >= 15 is 0 Å². The van der Waals surface area contributed by atoms with Crippen molar-refractivity contribution in [3.05, 3.63) is 28.0 Å². The highest BCUT2D eigenvalue weighted by Crippen LogP contribution is 2.19. The molecule has 1 amide bonds. The number of hydrogen-bond donors (Lipinski definition) is 3. The van der Waals surface area contributed by atoms with Crippen LogP contribution in [0.5, 0.6) is 0 Å². The van der Waals surface area contributed by atoms with E-state index in [2.05, 4.69) is 15.3 Å². The molecule has 8 nitrogen and oxygen atoms in total. The molecule has 0 fully saturated rings.